The van der Waals surface area contributed by atoms with Crippen molar-refractivity contribution in [3.05, 3.63) is 186 Å². The van der Waals surface area contributed by atoms with E-state index in [0.29, 0.717) is 17.5 Å². The zero-order valence-corrected chi connectivity index (χ0v) is 29.7. The molecule has 0 unspecified atom stereocenters. The van der Waals surface area contributed by atoms with Gasteiger partial charge in [0.2, 0.25) is 0 Å². The Hall–Kier alpha value is -6.97. The molecule has 0 amide bonds. The Bertz CT molecular complexity index is 2850. The van der Waals surface area contributed by atoms with E-state index in [-0.39, 0.29) is 0 Å². The maximum atomic E-state index is 5.11. The number of aromatic nitrogens is 3. The molecule has 0 spiro atoms. The Morgan fingerprint density at radius 2 is 0.648 bits per heavy atom. The Morgan fingerprint density at radius 3 is 1.24 bits per heavy atom. The van der Waals surface area contributed by atoms with E-state index in [4.69, 9.17) is 15.0 Å². The van der Waals surface area contributed by atoms with Crippen molar-refractivity contribution in [3.63, 3.8) is 0 Å². The van der Waals surface area contributed by atoms with Crippen molar-refractivity contribution in [1.29, 1.82) is 0 Å². The second-order valence-electron chi connectivity index (χ2n) is 13.9. The van der Waals surface area contributed by atoms with E-state index in [1.807, 2.05) is 12.1 Å². The maximum absolute atomic E-state index is 5.11. The van der Waals surface area contributed by atoms with Crippen molar-refractivity contribution in [1.82, 2.24) is 15.0 Å². The molecular weight excluding hydrogens is 655 g/mol. The number of fused-ring (bicyclic) bond motifs is 6. The van der Waals surface area contributed by atoms with Crippen molar-refractivity contribution >= 4 is 33.7 Å². The standard InChI is InChI=1S/C51H35N3/c1-3-12-34(13-4-1)36-22-26-38(27-23-36)49-52-50(39-28-24-37(25-29-39)35-14-5-2-6-15-35)54-51(53-49)42-17-11-16-40(32-42)41-30-31-47-45-20-8-7-18-43(45)44-19-9-10-21-46(44)48(47)33-41/h1-8,11-33H,9-10H2. The summed E-state index contributed by atoms with van der Waals surface area (Å²) in [4.78, 5) is 15.3. The van der Waals surface area contributed by atoms with Crippen molar-refractivity contribution in [3.8, 4) is 67.5 Å². The largest absolute Gasteiger partial charge is 0.208 e. The summed E-state index contributed by atoms with van der Waals surface area (Å²) in [5.41, 5.74) is 9.77. The summed E-state index contributed by atoms with van der Waals surface area (Å²) in [7, 11) is 0. The first-order chi connectivity index (χ1) is 26.7. The smallest absolute Gasteiger partial charge is 0.164 e. The molecule has 8 aromatic carbocycles. The van der Waals surface area contributed by atoms with Crippen LogP contribution in [0.5, 0.6) is 0 Å². The minimum absolute atomic E-state index is 0.642. The number of benzene rings is 8. The molecule has 0 saturated carbocycles. The summed E-state index contributed by atoms with van der Waals surface area (Å²) in [6, 6.07) is 62.1. The molecule has 3 nitrogen and oxygen atoms in total. The molecule has 3 heteroatoms. The molecule has 1 aliphatic rings. The van der Waals surface area contributed by atoms with Gasteiger partial charge in [0.25, 0.3) is 0 Å². The fourth-order valence-corrected chi connectivity index (χ4v) is 7.81. The lowest BCUT2D eigenvalue weighted by atomic mass is 9.92. The van der Waals surface area contributed by atoms with Gasteiger partial charge in [0, 0.05) is 16.7 Å². The highest BCUT2D eigenvalue weighted by atomic mass is 15.0. The van der Waals surface area contributed by atoms with Gasteiger partial charge in [-0.05, 0) is 90.3 Å². The van der Waals surface area contributed by atoms with Crippen molar-refractivity contribution in [2.45, 2.75) is 12.8 Å². The average molecular weight is 690 g/mol. The Morgan fingerprint density at radius 1 is 0.259 bits per heavy atom. The third kappa shape index (κ3) is 5.86. The number of nitrogens with zero attached hydrogens (tertiary/aromatic N) is 3. The predicted octanol–water partition coefficient (Wildman–Crippen LogP) is 11.5. The Balaban J connectivity index is 1.09. The van der Waals surface area contributed by atoms with Gasteiger partial charge in [-0.3, -0.25) is 0 Å². The highest BCUT2D eigenvalue weighted by Gasteiger charge is 2.15. The van der Waals surface area contributed by atoms with Gasteiger partial charge in [-0.25, -0.2) is 15.0 Å². The fraction of sp³-hybridized carbons (Fsp3) is 0.0392. The first-order valence-corrected chi connectivity index (χ1v) is 18.6. The molecule has 254 valence electrons. The van der Waals surface area contributed by atoms with E-state index in [9.17, 15) is 0 Å². The Labute approximate surface area is 314 Å². The van der Waals surface area contributed by atoms with Crippen LogP contribution in [0.3, 0.4) is 0 Å². The maximum Gasteiger partial charge on any atom is 0.164 e. The minimum atomic E-state index is 0.642. The van der Waals surface area contributed by atoms with Gasteiger partial charge in [0.05, 0.1) is 0 Å². The van der Waals surface area contributed by atoms with Crippen LogP contribution in [0, 0.1) is 0 Å². The van der Waals surface area contributed by atoms with Crippen molar-refractivity contribution in [2.75, 3.05) is 0 Å². The van der Waals surface area contributed by atoms with E-state index in [1.165, 1.54) is 48.7 Å². The monoisotopic (exact) mass is 689 g/mol. The zero-order valence-electron chi connectivity index (χ0n) is 29.7. The molecule has 0 fully saturated rings. The van der Waals surface area contributed by atoms with Crippen LogP contribution in [0.25, 0.3) is 101 Å². The minimum Gasteiger partial charge on any atom is -0.208 e. The molecule has 9 aromatic rings. The SMILES string of the molecule is C1=c2c(c3cc(-c4cccc(-c5nc(-c6ccc(-c7ccccc7)cc6)nc(-c6ccc(-c7ccccc7)cc6)n5)c4)ccc3c3ccccc23)=CCC1. The van der Waals surface area contributed by atoms with E-state index in [0.717, 1.165) is 46.2 Å². The highest BCUT2D eigenvalue weighted by molar-refractivity contribution is 6.09. The second-order valence-corrected chi connectivity index (χ2v) is 13.9. The molecule has 0 atom stereocenters. The highest BCUT2D eigenvalue weighted by Crippen LogP contribution is 2.32. The van der Waals surface area contributed by atoms with Gasteiger partial charge < -0.3 is 0 Å². The van der Waals surface area contributed by atoms with Gasteiger partial charge in [0.15, 0.2) is 17.5 Å². The quantitative estimate of drug-likeness (QED) is 0.163. The number of hydrogen-bond donors (Lipinski definition) is 0. The summed E-state index contributed by atoms with van der Waals surface area (Å²) < 4.78 is 0. The molecule has 0 N–H and O–H groups in total. The van der Waals surface area contributed by atoms with Crippen LogP contribution in [-0.4, -0.2) is 15.0 Å². The lowest BCUT2D eigenvalue weighted by molar-refractivity contribution is 1.07. The summed E-state index contributed by atoms with van der Waals surface area (Å²) in [5.74, 6) is 1.93. The molecule has 0 radical (unpaired) electrons. The van der Waals surface area contributed by atoms with E-state index >= 15 is 0 Å². The molecule has 1 heterocycles. The third-order valence-corrected chi connectivity index (χ3v) is 10.6. The van der Waals surface area contributed by atoms with Crippen molar-refractivity contribution in [2.24, 2.45) is 0 Å². The zero-order chi connectivity index (χ0) is 35.8. The van der Waals surface area contributed by atoms with Crippen LogP contribution >= 0.6 is 0 Å². The topological polar surface area (TPSA) is 38.7 Å². The Kier molecular flexibility index (Phi) is 7.96. The number of rotatable bonds is 6. The summed E-state index contributed by atoms with van der Waals surface area (Å²) in [6.45, 7) is 0. The molecule has 0 aliphatic heterocycles. The van der Waals surface area contributed by atoms with Crippen LogP contribution in [-0.2, 0) is 0 Å². The van der Waals surface area contributed by atoms with Crippen LogP contribution < -0.4 is 10.4 Å². The van der Waals surface area contributed by atoms with Crippen molar-refractivity contribution < 1.29 is 0 Å². The lowest BCUT2D eigenvalue weighted by Crippen LogP contribution is -2.28. The molecule has 1 aliphatic carbocycles. The summed E-state index contributed by atoms with van der Waals surface area (Å²) in [5, 5.41) is 7.92. The fourth-order valence-electron chi connectivity index (χ4n) is 7.81. The average Bonchev–Trinajstić information content (AvgIpc) is 3.27. The molecule has 54 heavy (non-hydrogen) atoms. The van der Waals surface area contributed by atoms with Gasteiger partial charge in [-0.1, -0.05) is 176 Å². The molecule has 0 saturated heterocycles. The van der Waals surface area contributed by atoms with Crippen LogP contribution in [0.2, 0.25) is 0 Å². The summed E-state index contributed by atoms with van der Waals surface area (Å²) in [6.07, 6.45) is 6.96. The first-order valence-electron chi connectivity index (χ1n) is 18.6. The summed E-state index contributed by atoms with van der Waals surface area (Å²) >= 11 is 0. The predicted molar refractivity (Wildman–Crippen MR) is 225 cm³/mol. The van der Waals surface area contributed by atoms with Crippen LogP contribution in [0.4, 0.5) is 0 Å². The number of hydrogen-bond acceptors (Lipinski definition) is 3. The second kappa shape index (κ2) is 13.5. The van der Waals surface area contributed by atoms with E-state index < -0.39 is 0 Å². The van der Waals surface area contributed by atoms with Crippen LogP contribution in [0.1, 0.15) is 12.8 Å². The van der Waals surface area contributed by atoms with E-state index in [1.54, 1.807) is 0 Å². The van der Waals surface area contributed by atoms with Gasteiger partial charge in [-0.2, -0.15) is 0 Å². The van der Waals surface area contributed by atoms with Gasteiger partial charge in [-0.15, -0.1) is 0 Å². The molecule has 1 aromatic heterocycles. The molecule has 0 bridgehead atoms. The lowest BCUT2D eigenvalue weighted by Gasteiger charge is -2.13. The molecular formula is C51H35N3. The van der Waals surface area contributed by atoms with E-state index in [2.05, 4.69) is 176 Å². The van der Waals surface area contributed by atoms with Crippen LogP contribution in [0.15, 0.2) is 176 Å². The third-order valence-electron chi connectivity index (χ3n) is 10.6. The first kappa shape index (κ1) is 31.7. The van der Waals surface area contributed by atoms with Gasteiger partial charge >= 0.3 is 0 Å². The molecule has 10 rings (SSSR count). The normalized spacial score (nSPS) is 12.2. The van der Waals surface area contributed by atoms with Gasteiger partial charge in [0.1, 0.15) is 0 Å².